The van der Waals surface area contributed by atoms with Gasteiger partial charge in [-0.1, -0.05) is 0 Å². The average Bonchev–Trinajstić information content (AvgIpc) is 2.15. The van der Waals surface area contributed by atoms with Gasteiger partial charge in [-0.15, -0.1) is 0 Å². The van der Waals surface area contributed by atoms with Crippen molar-refractivity contribution in [3.8, 4) is 5.75 Å². The average molecular weight is 210 g/mol. The fourth-order valence-corrected chi connectivity index (χ4v) is 1.32. The first-order valence-electron chi connectivity index (χ1n) is 4.87. The minimum absolute atomic E-state index is 0.353. The van der Waals surface area contributed by atoms with E-state index in [9.17, 15) is 5.11 Å². The van der Waals surface area contributed by atoms with Crippen molar-refractivity contribution in [1.82, 2.24) is 4.90 Å². The topological polar surface area (TPSA) is 58.7 Å². The molecule has 0 radical (unpaired) electrons. The summed E-state index contributed by atoms with van der Waals surface area (Å²) in [6.07, 6.45) is -0.911. The van der Waals surface area contributed by atoms with Gasteiger partial charge in [0.05, 0.1) is 0 Å². The van der Waals surface area contributed by atoms with Crippen molar-refractivity contribution in [1.29, 1.82) is 0 Å². The van der Waals surface area contributed by atoms with Crippen LogP contribution in [0.1, 0.15) is 6.92 Å². The Morgan fingerprint density at radius 1 is 1.27 bits per heavy atom. The molecular formula is C11H18N2O2. The molecule has 15 heavy (non-hydrogen) atoms. The van der Waals surface area contributed by atoms with Gasteiger partial charge in [0, 0.05) is 5.69 Å². The molecule has 4 nitrogen and oxygen atoms in total. The second-order valence-corrected chi connectivity index (χ2v) is 3.78. The van der Waals surface area contributed by atoms with E-state index in [0.29, 0.717) is 11.4 Å². The van der Waals surface area contributed by atoms with E-state index in [2.05, 4.69) is 0 Å². The summed E-state index contributed by atoms with van der Waals surface area (Å²) < 4.78 is 5.61. The summed E-state index contributed by atoms with van der Waals surface area (Å²) in [6.45, 7) is 1.70. The van der Waals surface area contributed by atoms with Crippen LogP contribution in [0.3, 0.4) is 0 Å². The lowest BCUT2D eigenvalue weighted by molar-refractivity contribution is -0.0348. The Bertz CT molecular complexity index is 288. The molecule has 84 valence electrons. The maximum absolute atomic E-state index is 9.51. The second-order valence-electron chi connectivity index (χ2n) is 3.78. The van der Waals surface area contributed by atoms with Crippen molar-refractivity contribution in [2.24, 2.45) is 0 Å². The largest absolute Gasteiger partial charge is 0.472 e. The lowest BCUT2D eigenvalue weighted by atomic mass is 10.3. The summed E-state index contributed by atoms with van der Waals surface area (Å²) in [7, 11) is 3.71. The summed E-state index contributed by atoms with van der Waals surface area (Å²) in [5.41, 5.74) is 6.26. The third kappa shape index (κ3) is 3.42. The number of nitrogen functional groups attached to an aromatic ring is 1. The molecule has 0 bridgehead atoms. The van der Waals surface area contributed by atoms with Gasteiger partial charge in [0.1, 0.15) is 11.9 Å². The van der Waals surface area contributed by atoms with Crippen LogP contribution >= 0.6 is 0 Å². The molecule has 2 atom stereocenters. The summed E-state index contributed by atoms with van der Waals surface area (Å²) in [5.74, 6) is 0.698. The number of benzene rings is 1. The van der Waals surface area contributed by atoms with Gasteiger partial charge in [-0.25, -0.2) is 0 Å². The molecule has 0 aliphatic heterocycles. The molecule has 0 aliphatic carbocycles. The first-order chi connectivity index (χ1) is 7.00. The maximum atomic E-state index is 9.51. The highest BCUT2D eigenvalue weighted by Gasteiger charge is 2.18. The third-order valence-corrected chi connectivity index (χ3v) is 2.06. The number of nitrogens with two attached hydrogens (primary N) is 1. The van der Waals surface area contributed by atoms with E-state index in [1.807, 2.05) is 19.0 Å². The molecule has 0 heterocycles. The number of nitrogens with zero attached hydrogens (tertiary/aromatic N) is 1. The van der Waals surface area contributed by atoms with Gasteiger partial charge in [-0.05, 0) is 45.3 Å². The van der Waals surface area contributed by atoms with Crippen LogP contribution < -0.4 is 10.5 Å². The van der Waals surface area contributed by atoms with Crippen LogP contribution in [-0.2, 0) is 0 Å². The van der Waals surface area contributed by atoms with Crippen LogP contribution in [0.4, 0.5) is 5.69 Å². The zero-order valence-corrected chi connectivity index (χ0v) is 9.34. The van der Waals surface area contributed by atoms with E-state index >= 15 is 0 Å². The zero-order valence-electron chi connectivity index (χ0n) is 9.34. The Morgan fingerprint density at radius 2 is 1.80 bits per heavy atom. The maximum Gasteiger partial charge on any atom is 0.177 e. The molecule has 1 aromatic rings. The number of rotatable bonds is 4. The van der Waals surface area contributed by atoms with E-state index < -0.39 is 6.10 Å². The lowest BCUT2D eigenvalue weighted by Crippen LogP contribution is -2.42. The van der Waals surface area contributed by atoms with Crippen molar-refractivity contribution in [2.45, 2.75) is 19.3 Å². The van der Waals surface area contributed by atoms with E-state index in [1.54, 1.807) is 31.2 Å². The number of hydrogen-bond acceptors (Lipinski definition) is 4. The summed E-state index contributed by atoms with van der Waals surface area (Å²) in [5, 5.41) is 9.51. The fourth-order valence-electron chi connectivity index (χ4n) is 1.32. The third-order valence-electron chi connectivity index (χ3n) is 2.06. The normalized spacial score (nSPS) is 15.0. The minimum atomic E-state index is -0.558. The first-order valence-corrected chi connectivity index (χ1v) is 4.87. The number of hydrogen-bond donors (Lipinski definition) is 2. The van der Waals surface area contributed by atoms with Crippen LogP contribution in [-0.4, -0.2) is 36.4 Å². The van der Waals surface area contributed by atoms with Crippen molar-refractivity contribution in [3.05, 3.63) is 24.3 Å². The lowest BCUT2D eigenvalue weighted by Gasteiger charge is -2.27. The number of aliphatic hydroxyl groups is 1. The molecule has 0 aliphatic rings. The van der Waals surface area contributed by atoms with Crippen molar-refractivity contribution in [2.75, 3.05) is 19.8 Å². The molecule has 0 amide bonds. The number of anilines is 1. The number of likely N-dealkylation sites (N-methyl/N-ethyl adjacent to an activating group) is 1. The predicted octanol–water partition coefficient (Wildman–Crippen LogP) is 0.916. The quantitative estimate of drug-likeness (QED) is 0.573. The zero-order chi connectivity index (χ0) is 11.4. The van der Waals surface area contributed by atoms with E-state index in [4.69, 9.17) is 10.5 Å². The van der Waals surface area contributed by atoms with Gasteiger partial charge in [-0.2, -0.15) is 0 Å². The molecule has 4 heteroatoms. The summed E-state index contributed by atoms with van der Waals surface area (Å²) in [6, 6.07) is 7.11. The fraction of sp³-hybridized carbons (Fsp3) is 0.455. The predicted molar refractivity (Wildman–Crippen MR) is 60.6 cm³/mol. The van der Waals surface area contributed by atoms with Gasteiger partial charge >= 0.3 is 0 Å². The highest BCUT2D eigenvalue weighted by molar-refractivity contribution is 5.41. The van der Waals surface area contributed by atoms with Crippen LogP contribution in [0.15, 0.2) is 24.3 Å². The second kappa shape index (κ2) is 5.00. The molecular weight excluding hydrogens is 192 g/mol. The van der Waals surface area contributed by atoms with Crippen LogP contribution in [0, 0.1) is 0 Å². The van der Waals surface area contributed by atoms with Gasteiger partial charge in [-0.3, -0.25) is 4.90 Å². The standard InChI is InChI=1S/C11H18N2O2/c1-8(14)11(13(2)3)15-10-6-4-9(12)5-7-10/h4-8,11,14H,12H2,1-3H3. The summed E-state index contributed by atoms with van der Waals surface area (Å²) >= 11 is 0. The molecule has 3 N–H and O–H groups in total. The Balaban J connectivity index is 2.70. The van der Waals surface area contributed by atoms with Gasteiger partial charge < -0.3 is 15.6 Å². The highest BCUT2D eigenvalue weighted by atomic mass is 16.5. The van der Waals surface area contributed by atoms with E-state index in [1.165, 1.54) is 0 Å². The Morgan fingerprint density at radius 3 is 2.20 bits per heavy atom. The van der Waals surface area contributed by atoms with Gasteiger partial charge in [0.15, 0.2) is 6.23 Å². The first kappa shape index (κ1) is 11.8. The van der Waals surface area contributed by atoms with Gasteiger partial charge in [0.25, 0.3) is 0 Å². The van der Waals surface area contributed by atoms with Gasteiger partial charge in [0.2, 0.25) is 0 Å². The SMILES string of the molecule is CC(O)C(Oc1ccc(N)cc1)N(C)C. The van der Waals surface area contributed by atoms with Crippen molar-refractivity contribution in [3.63, 3.8) is 0 Å². The van der Waals surface area contributed by atoms with E-state index in [0.717, 1.165) is 0 Å². The molecule has 2 unspecified atom stereocenters. The van der Waals surface area contributed by atoms with Crippen LogP contribution in [0.25, 0.3) is 0 Å². The number of ether oxygens (including phenoxy) is 1. The van der Waals surface area contributed by atoms with Crippen LogP contribution in [0.5, 0.6) is 5.75 Å². The number of aliphatic hydroxyl groups excluding tert-OH is 1. The van der Waals surface area contributed by atoms with Crippen molar-refractivity contribution < 1.29 is 9.84 Å². The molecule has 0 saturated heterocycles. The van der Waals surface area contributed by atoms with Crippen LogP contribution in [0.2, 0.25) is 0 Å². The molecule has 0 spiro atoms. The molecule has 0 aromatic heterocycles. The molecule has 0 saturated carbocycles. The molecule has 1 rings (SSSR count). The minimum Gasteiger partial charge on any atom is -0.472 e. The highest BCUT2D eigenvalue weighted by Crippen LogP contribution is 2.16. The monoisotopic (exact) mass is 210 g/mol. The Labute approximate surface area is 90.3 Å². The molecule has 0 fully saturated rings. The Kier molecular flexibility index (Phi) is 3.94. The Hall–Kier alpha value is -1.26. The smallest absolute Gasteiger partial charge is 0.177 e. The molecule has 1 aromatic carbocycles. The van der Waals surface area contributed by atoms with E-state index in [-0.39, 0.29) is 6.23 Å². The summed E-state index contributed by atoms with van der Waals surface area (Å²) in [4.78, 5) is 1.82. The van der Waals surface area contributed by atoms with Crippen molar-refractivity contribution >= 4 is 5.69 Å².